The molecule has 1 N–H and O–H groups in total. The van der Waals surface area contributed by atoms with Crippen molar-refractivity contribution >= 4 is 0 Å². The Morgan fingerprint density at radius 3 is 2.31 bits per heavy atom. The van der Waals surface area contributed by atoms with Crippen LogP contribution in [0, 0.1) is 5.82 Å². The van der Waals surface area contributed by atoms with Crippen molar-refractivity contribution in [3.63, 3.8) is 0 Å². The van der Waals surface area contributed by atoms with Crippen molar-refractivity contribution in [1.29, 1.82) is 0 Å². The number of halogens is 1. The Kier molecular flexibility index (Phi) is 3.02. The summed E-state index contributed by atoms with van der Waals surface area (Å²) in [5.74, 6) is -0.301. The molecule has 0 aliphatic carbocycles. The van der Waals surface area contributed by atoms with Gasteiger partial charge in [-0.25, -0.2) is 4.39 Å². The van der Waals surface area contributed by atoms with E-state index in [-0.39, 0.29) is 5.82 Å². The van der Waals surface area contributed by atoms with Gasteiger partial charge in [-0.1, -0.05) is 42.5 Å². The predicted molar refractivity (Wildman–Crippen MR) is 62.5 cm³/mol. The van der Waals surface area contributed by atoms with Crippen LogP contribution in [0.2, 0.25) is 0 Å². The number of hydrogen-bond acceptors (Lipinski definition) is 1. The lowest BCUT2D eigenvalue weighted by Crippen LogP contribution is -1.93. The first-order valence-electron chi connectivity index (χ1n) is 5.21. The molecule has 0 aliphatic rings. The second kappa shape index (κ2) is 4.45. The Bertz CT molecular complexity index is 477. The van der Waals surface area contributed by atoms with Crippen molar-refractivity contribution in [2.75, 3.05) is 0 Å². The van der Waals surface area contributed by atoms with Crippen molar-refractivity contribution in [3.8, 4) is 11.1 Å². The minimum absolute atomic E-state index is 0.301. The summed E-state index contributed by atoms with van der Waals surface area (Å²) in [7, 11) is 0. The van der Waals surface area contributed by atoms with Crippen LogP contribution < -0.4 is 0 Å². The highest BCUT2D eigenvalue weighted by Crippen LogP contribution is 2.25. The van der Waals surface area contributed by atoms with Crippen LogP contribution in [0.4, 0.5) is 4.39 Å². The van der Waals surface area contributed by atoms with E-state index in [4.69, 9.17) is 0 Å². The Labute approximate surface area is 94.2 Å². The normalized spacial score (nSPS) is 12.4. The molecule has 2 rings (SSSR count). The SMILES string of the molecule is CC(O)c1ccc(-c2ccccc2)c(F)c1. The Balaban J connectivity index is 2.45. The van der Waals surface area contributed by atoms with Crippen LogP contribution in [0.3, 0.4) is 0 Å². The maximum absolute atomic E-state index is 13.8. The van der Waals surface area contributed by atoms with E-state index in [0.717, 1.165) is 5.56 Å². The van der Waals surface area contributed by atoms with Gasteiger partial charge in [0.1, 0.15) is 5.82 Å². The first kappa shape index (κ1) is 10.8. The summed E-state index contributed by atoms with van der Waals surface area (Å²) in [6, 6.07) is 14.2. The summed E-state index contributed by atoms with van der Waals surface area (Å²) in [5.41, 5.74) is 2.00. The molecule has 0 heterocycles. The van der Waals surface area contributed by atoms with Crippen LogP contribution in [0.15, 0.2) is 48.5 Å². The second-order valence-corrected chi connectivity index (χ2v) is 3.78. The molecule has 0 aromatic heterocycles. The number of hydrogen-bond donors (Lipinski definition) is 1. The molecule has 16 heavy (non-hydrogen) atoms. The fraction of sp³-hybridized carbons (Fsp3) is 0.143. The van der Waals surface area contributed by atoms with Gasteiger partial charge in [-0.05, 0) is 24.1 Å². The average molecular weight is 216 g/mol. The zero-order valence-electron chi connectivity index (χ0n) is 9.02. The quantitative estimate of drug-likeness (QED) is 0.814. The molecular formula is C14H13FO. The molecule has 0 saturated heterocycles. The summed E-state index contributed by atoms with van der Waals surface area (Å²) >= 11 is 0. The van der Waals surface area contributed by atoms with Gasteiger partial charge in [-0.3, -0.25) is 0 Å². The Hall–Kier alpha value is -1.67. The second-order valence-electron chi connectivity index (χ2n) is 3.78. The number of aliphatic hydroxyl groups is 1. The largest absolute Gasteiger partial charge is 0.389 e. The molecule has 1 atom stereocenters. The molecule has 0 amide bonds. The minimum atomic E-state index is -0.640. The molecular weight excluding hydrogens is 203 g/mol. The molecule has 0 fully saturated rings. The third-order valence-corrected chi connectivity index (χ3v) is 2.56. The monoisotopic (exact) mass is 216 g/mol. The molecule has 0 aliphatic heterocycles. The van der Waals surface area contributed by atoms with E-state index in [2.05, 4.69) is 0 Å². The topological polar surface area (TPSA) is 20.2 Å². The van der Waals surface area contributed by atoms with Crippen molar-refractivity contribution in [1.82, 2.24) is 0 Å². The van der Waals surface area contributed by atoms with Crippen LogP contribution in [0.1, 0.15) is 18.6 Å². The number of rotatable bonds is 2. The highest BCUT2D eigenvalue weighted by molar-refractivity contribution is 5.64. The molecule has 0 radical (unpaired) electrons. The van der Waals surface area contributed by atoms with E-state index in [1.165, 1.54) is 6.07 Å². The predicted octanol–water partition coefficient (Wildman–Crippen LogP) is 3.55. The Morgan fingerprint density at radius 1 is 1.06 bits per heavy atom. The van der Waals surface area contributed by atoms with E-state index in [1.54, 1.807) is 19.1 Å². The van der Waals surface area contributed by atoms with Crippen LogP contribution in [-0.4, -0.2) is 5.11 Å². The fourth-order valence-electron chi connectivity index (χ4n) is 1.64. The van der Waals surface area contributed by atoms with Gasteiger partial charge in [-0.2, -0.15) is 0 Å². The van der Waals surface area contributed by atoms with Gasteiger partial charge < -0.3 is 5.11 Å². The summed E-state index contributed by atoms with van der Waals surface area (Å²) < 4.78 is 13.8. The Morgan fingerprint density at radius 2 is 1.75 bits per heavy atom. The lowest BCUT2D eigenvalue weighted by atomic mass is 10.0. The lowest BCUT2D eigenvalue weighted by molar-refractivity contribution is 0.199. The smallest absolute Gasteiger partial charge is 0.131 e. The fourth-order valence-corrected chi connectivity index (χ4v) is 1.64. The van der Waals surface area contributed by atoms with Gasteiger partial charge in [0.15, 0.2) is 0 Å². The van der Waals surface area contributed by atoms with Crippen molar-refractivity contribution in [2.45, 2.75) is 13.0 Å². The first-order chi connectivity index (χ1) is 7.68. The average Bonchev–Trinajstić information content (AvgIpc) is 2.30. The van der Waals surface area contributed by atoms with Gasteiger partial charge in [0.05, 0.1) is 6.10 Å². The first-order valence-corrected chi connectivity index (χ1v) is 5.21. The minimum Gasteiger partial charge on any atom is -0.389 e. The van der Waals surface area contributed by atoms with Crippen LogP contribution >= 0.6 is 0 Å². The van der Waals surface area contributed by atoms with Crippen LogP contribution in [-0.2, 0) is 0 Å². The van der Waals surface area contributed by atoms with E-state index < -0.39 is 6.10 Å². The molecule has 0 spiro atoms. The number of aliphatic hydroxyl groups excluding tert-OH is 1. The zero-order valence-corrected chi connectivity index (χ0v) is 9.02. The van der Waals surface area contributed by atoms with Gasteiger partial charge in [0.2, 0.25) is 0 Å². The molecule has 2 heteroatoms. The summed E-state index contributed by atoms with van der Waals surface area (Å²) in [4.78, 5) is 0. The van der Waals surface area contributed by atoms with E-state index in [0.29, 0.717) is 11.1 Å². The van der Waals surface area contributed by atoms with Crippen molar-refractivity contribution in [2.24, 2.45) is 0 Å². The standard InChI is InChI=1S/C14H13FO/c1-10(16)12-7-8-13(14(15)9-12)11-5-3-2-4-6-11/h2-10,16H,1H3. The van der Waals surface area contributed by atoms with Crippen molar-refractivity contribution in [3.05, 3.63) is 59.9 Å². The molecule has 0 saturated carbocycles. The summed E-state index contributed by atoms with van der Waals surface area (Å²) in [5, 5.41) is 9.34. The molecule has 2 aromatic rings. The lowest BCUT2D eigenvalue weighted by Gasteiger charge is -2.08. The molecule has 1 unspecified atom stereocenters. The molecule has 2 aromatic carbocycles. The third-order valence-electron chi connectivity index (χ3n) is 2.56. The summed E-state index contributed by atoms with van der Waals surface area (Å²) in [6.45, 7) is 1.62. The molecule has 0 bridgehead atoms. The van der Waals surface area contributed by atoms with Gasteiger partial charge in [-0.15, -0.1) is 0 Å². The maximum Gasteiger partial charge on any atom is 0.131 e. The highest BCUT2D eigenvalue weighted by atomic mass is 19.1. The highest BCUT2D eigenvalue weighted by Gasteiger charge is 2.07. The van der Waals surface area contributed by atoms with E-state index in [1.807, 2.05) is 30.3 Å². The van der Waals surface area contributed by atoms with Gasteiger partial charge in [0.25, 0.3) is 0 Å². The van der Waals surface area contributed by atoms with Crippen LogP contribution in [0.5, 0.6) is 0 Å². The molecule has 82 valence electrons. The third kappa shape index (κ3) is 2.12. The van der Waals surface area contributed by atoms with E-state index in [9.17, 15) is 9.50 Å². The van der Waals surface area contributed by atoms with E-state index >= 15 is 0 Å². The van der Waals surface area contributed by atoms with Crippen LogP contribution in [0.25, 0.3) is 11.1 Å². The van der Waals surface area contributed by atoms with Gasteiger partial charge in [0, 0.05) is 5.56 Å². The molecule has 1 nitrogen and oxygen atoms in total. The number of benzene rings is 2. The summed E-state index contributed by atoms with van der Waals surface area (Å²) in [6.07, 6.45) is -0.640. The van der Waals surface area contributed by atoms with Gasteiger partial charge >= 0.3 is 0 Å². The van der Waals surface area contributed by atoms with Crippen molar-refractivity contribution < 1.29 is 9.50 Å². The zero-order chi connectivity index (χ0) is 11.5. The maximum atomic E-state index is 13.8.